The number of nitrogens with zero attached hydrogens (tertiary/aromatic N) is 2. The Balaban J connectivity index is 1.83. The van der Waals surface area contributed by atoms with Gasteiger partial charge in [0.2, 0.25) is 0 Å². The van der Waals surface area contributed by atoms with E-state index >= 15 is 0 Å². The second-order valence-corrected chi connectivity index (χ2v) is 5.54. The molecule has 0 saturated heterocycles. The zero-order valence-corrected chi connectivity index (χ0v) is 12.9. The molecule has 0 radical (unpaired) electrons. The molecular weight excluding hydrogens is 319 g/mol. The van der Waals surface area contributed by atoms with Crippen LogP contribution in [0.3, 0.4) is 0 Å². The molecule has 0 bridgehead atoms. The number of pyridine rings is 1. The molecule has 7 heteroatoms. The number of hydrogen-bond acceptors (Lipinski definition) is 3. The van der Waals surface area contributed by atoms with Crippen molar-refractivity contribution in [3.05, 3.63) is 65.6 Å². The Bertz CT molecular complexity index is 858. The number of halogens is 3. The topological polar surface area (TPSA) is 49.6 Å². The van der Waals surface area contributed by atoms with Crippen molar-refractivity contribution in [1.29, 1.82) is 0 Å². The van der Waals surface area contributed by atoms with Gasteiger partial charge in [-0.15, -0.1) is 0 Å². The van der Waals surface area contributed by atoms with Crippen molar-refractivity contribution < 1.29 is 18.3 Å². The molecule has 2 aromatic heterocycles. The molecule has 0 fully saturated rings. The van der Waals surface area contributed by atoms with E-state index in [0.717, 1.165) is 11.2 Å². The van der Waals surface area contributed by atoms with E-state index in [1.807, 2.05) is 35.9 Å². The van der Waals surface area contributed by atoms with Crippen LogP contribution in [0.4, 0.5) is 18.9 Å². The van der Waals surface area contributed by atoms with Crippen LogP contribution in [0, 0.1) is 6.92 Å². The molecule has 0 saturated carbocycles. The highest BCUT2D eigenvalue weighted by Crippen LogP contribution is 2.36. The van der Waals surface area contributed by atoms with E-state index in [2.05, 4.69) is 10.3 Å². The minimum absolute atomic E-state index is 0.204. The first kappa shape index (κ1) is 16.3. The van der Waals surface area contributed by atoms with E-state index in [1.165, 1.54) is 18.2 Å². The summed E-state index contributed by atoms with van der Waals surface area (Å²) in [5, 5.41) is 12.4. The Morgan fingerprint density at radius 2 is 1.96 bits per heavy atom. The summed E-state index contributed by atoms with van der Waals surface area (Å²) in [6.07, 6.45) is -3.56. The van der Waals surface area contributed by atoms with Crippen LogP contribution in [0.1, 0.15) is 22.9 Å². The fourth-order valence-electron chi connectivity index (χ4n) is 2.55. The molecule has 0 aliphatic rings. The molecule has 24 heavy (non-hydrogen) atoms. The number of aliphatic hydroxyl groups excluding tert-OH is 1. The first-order chi connectivity index (χ1) is 11.4. The number of rotatable bonds is 4. The van der Waals surface area contributed by atoms with Gasteiger partial charge in [0.05, 0.1) is 12.2 Å². The number of aliphatic hydroxyl groups is 1. The summed E-state index contributed by atoms with van der Waals surface area (Å²) in [5.41, 5.74) is 2.54. The molecule has 126 valence electrons. The molecule has 1 unspecified atom stereocenters. The Kier molecular flexibility index (Phi) is 4.19. The first-order valence-electron chi connectivity index (χ1n) is 7.37. The average molecular weight is 335 g/mol. The van der Waals surface area contributed by atoms with Crippen molar-refractivity contribution in [1.82, 2.24) is 9.38 Å². The third kappa shape index (κ3) is 3.21. The van der Waals surface area contributed by atoms with Gasteiger partial charge in [0, 0.05) is 23.6 Å². The number of aryl methyl sites for hydroxylation is 1. The summed E-state index contributed by atoms with van der Waals surface area (Å²) in [6, 6.07) is 9.68. The van der Waals surface area contributed by atoms with Crippen LogP contribution in [0.2, 0.25) is 0 Å². The smallest absolute Gasteiger partial charge is 0.379 e. The lowest BCUT2D eigenvalue weighted by Crippen LogP contribution is -2.21. The van der Waals surface area contributed by atoms with Crippen molar-refractivity contribution in [3.63, 3.8) is 0 Å². The molecule has 3 rings (SSSR count). The number of nitrogens with one attached hydrogen (secondary N) is 1. The number of anilines is 1. The molecule has 0 aliphatic heterocycles. The third-order valence-corrected chi connectivity index (χ3v) is 3.75. The molecule has 1 atom stereocenters. The highest BCUT2D eigenvalue weighted by atomic mass is 19.4. The molecule has 2 heterocycles. The van der Waals surface area contributed by atoms with Crippen LogP contribution in [0.25, 0.3) is 5.65 Å². The van der Waals surface area contributed by atoms with E-state index in [-0.39, 0.29) is 17.8 Å². The lowest BCUT2D eigenvalue weighted by molar-refractivity contribution is -0.206. The van der Waals surface area contributed by atoms with Gasteiger partial charge < -0.3 is 14.8 Å². The third-order valence-electron chi connectivity index (χ3n) is 3.75. The Hall–Kier alpha value is -2.54. The molecule has 0 amide bonds. The van der Waals surface area contributed by atoms with Crippen LogP contribution < -0.4 is 5.32 Å². The lowest BCUT2D eigenvalue weighted by Gasteiger charge is -2.18. The minimum Gasteiger partial charge on any atom is -0.379 e. The second-order valence-electron chi connectivity index (χ2n) is 5.54. The molecular formula is C17H16F3N3O. The Morgan fingerprint density at radius 3 is 2.67 bits per heavy atom. The first-order valence-corrected chi connectivity index (χ1v) is 7.37. The fourth-order valence-corrected chi connectivity index (χ4v) is 2.55. The summed E-state index contributed by atoms with van der Waals surface area (Å²) in [6.45, 7) is 2.19. The maximum Gasteiger partial charge on any atom is 0.418 e. The number of hydrogen-bond donors (Lipinski definition) is 2. The standard InChI is InChI=1S/C17H16F3N3O/c1-11-5-4-8-23-10-12(22-16(11)23)9-21-14-7-3-2-6-13(14)15(24)17(18,19)20/h2-8,10,15,21,24H,9H2,1H3. The van der Waals surface area contributed by atoms with Crippen molar-refractivity contribution in [2.75, 3.05) is 5.32 Å². The maximum absolute atomic E-state index is 12.8. The van der Waals surface area contributed by atoms with Gasteiger partial charge in [0.25, 0.3) is 0 Å². The van der Waals surface area contributed by atoms with Crippen molar-refractivity contribution >= 4 is 11.3 Å². The lowest BCUT2D eigenvalue weighted by atomic mass is 10.1. The predicted molar refractivity (Wildman–Crippen MR) is 84.7 cm³/mol. The van der Waals surface area contributed by atoms with Gasteiger partial charge in [0.1, 0.15) is 5.65 Å². The van der Waals surface area contributed by atoms with Gasteiger partial charge >= 0.3 is 6.18 Å². The van der Waals surface area contributed by atoms with Crippen LogP contribution in [-0.2, 0) is 6.54 Å². The normalized spacial score (nSPS) is 13.2. The van der Waals surface area contributed by atoms with Crippen molar-refractivity contribution in [3.8, 4) is 0 Å². The van der Waals surface area contributed by atoms with E-state index in [0.29, 0.717) is 5.69 Å². The van der Waals surface area contributed by atoms with E-state index in [9.17, 15) is 18.3 Å². The van der Waals surface area contributed by atoms with Gasteiger partial charge in [-0.3, -0.25) is 0 Å². The van der Waals surface area contributed by atoms with Crippen LogP contribution in [0.5, 0.6) is 0 Å². The summed E-state index contributed by atoms with van der Waals surface area (Å²) in [7, 11) is 0. The number of imidazole rings is 1. The van der Waals surface area contributed by atoms with Crippen molar-refractivity contribution in [2.24, 2.45) is 0 Å². The number of aromatic nitrogens is 2. The molecule has 4 nitrogen and oxygen atoms in total. The highest BCUT2D eigenvalue weighted by Gasteiger charge is 2.40. The Morgan fingerprint density at radius 1 is 1.21 bits per heavy atom. The molecule has 2 N–H and O–H groups in total. The number of para-hydroxylation sites is 1. The zero-order valence-electron chi connectivity index (χ0n) is 12.9. The van der Waals surface area contributed by atoms with E-state index < -0.39 is 12.3 Å². The summed E-state index contributed by atoms with van der Waals surface area (Å²) >= 11 is 0. The van der Waals surface area contributed by atoms with E-state index in [4.69, 9.17) is 0 Å². The molecule has 3 aromatic rings. The average Bonchev–Trinajstić information content (AvgIpc) is 2.96. The van der Waals surface area contributed by atoms with Gasteiger partial charge in [-0.05, 0) is 24.6 Å². The summed E-state index contributed by atoms with van der Waals surface area (Å²) in [5.74, 6) is 0. The predicted octanol–water partition coefficient (Wildman–Crippen LogP) is 3.85. The largest absolute Gasteiger partial charge is 0.418 e. The highest BCUT2D eigenvalue weighted by molar-refractivity contribution is 5.53. The fraction of sp³-hybridized carbons (Fsp3) is 0.235. The number of alkyl halides is 3. The maximum atomic E-state index is 12.8. The van der Waals surface area contributed by atoms with Crippen LogP contribution in [0.15, 0.2) is 48.8 Å². The SMILES string of the molecule is Cc1cccn2cc(CNc3ccccc3C(O)C(F)(F)F)nc12. The second kappa shape index (κ2) is 6.16. The molecule has 0 aliphatic carbocycles. The quantitative estimate of drug-likeness (QED) is 0.761. The monoisotopic (exact) mass is 335 g/mol. The van der Waals surface area contributed by atoms with Gasteiger partial charge in [-0.1, -0.05) is 24.3 Å². The summed E-state index contributed by atoms with van der Waals surface area (Å²) < 4.78 is 40.2. The Labute approximate surface area is 136 Å². The van der Waals surface area contributed by atoms with E-state index in [1.54, 1.807) is 6.07 Å². The summed E-state index contributed by atoms with van der Waals surface area (Å²) in [4.78, 5) is 4.47. The van der Waals surface area contributed by atoms with Gasteiger partial charge in [0.15, 0.2) is 6.10 Å². The molecule has 1 aromatic carbocycles. The van der Waals surface area contributed by atoms with Gasteiger partial charge in [-0.25, -0.2) is 4.98 Å². The van der Waals surface area contributed by atoms with Crippen molar-refractivity contribution in [2.45, 2.75) is 25.7 Å². The van der Waals surface area contributed by atoms with Crippen LogP contribution >= 0.6 is 0 Å². The zero-order chi connectivity index (χ0) is 17.3. The van der Waals surface area contributed by atoms with Crippen LogP contribution in [-0.4, -0.2) is 20.7 Å². The number of benzene rings is 1. The molecule has 0 spiro atoms. The van der Waals surface area contributed by atoms with Gasteiger partial charge in [-0.2, -0.15) is 13.2 Å². The number of fused-ring (bicyclic) bond motifs is 1. The minimum atomic E-state index is -4.71.